The number of anilines is 1. The molecule has 0 bridgehead atoms. The maximum atomic E-state index is 11.7. The fourth-order valence-electron chi connectivity index (χ4n) is 2.12. The van der Waals surface area contributed by atoms with Crippen molar-refractivity contribution >= 4 is 22.4 Å². The van der Waals surface area contributed by atoms with Crippen molar-refractivity contribution in [3.8, 4) is 5.75 Å². The predicted octanol–water partition coefficient (Wildman–Crippen LogP) is 3.05. The number of rotatable bonds is 3. The summed E-state index contributed by atoms with van der Waals surface area (Å²) in [6.07, 6.45) is 0. The first-order chi connectivity index (χ1) is 9.33. The Morgan fingerprint density at radius 2 is 2.21 bits per heavy atom. The number of amides is 2. The maximum absolute atomic E-state index is 11.7. The predicted molar refractivity (Wildman–Crippen MR) is 76.0 cm³/mol. The number of fused-ring (bicyclic) bond motifs is 1. The van der Waals surface area contributed by atoms with Gasteiger partial charge in [-0.25, -0.2) is 4.79 Å². The zero-order valence-electron chi connectivity index (χ0n) is 10.3. The summed E-state index contributed by atoms with van der Waals surface area (Å²) >= 11 is 1.50. The SMILES string of the molecule is O=C(NC[C@@H]1COc2ccccc21)Nc1cccs1. The highest BCUT2D eigenvalue weighted by atomic mass is 32.1. The summed E-state index contributed by atoms with van der Waals surface area (Å²) in [7, 11) is 0. The minimum absolute atomic E-state index is 0.174. The summed E-state index contributed by atoms with van der Waals surface area (Å²) < 4.78 is 5.58. The molecule has 1 atom stereocenters. The van der Waals surface area contributed by atoms with Crippen LogP contribution in [0.2, 0.25) is 0 Å². The number of thiophene rings is 1. The van der Waals surface area contributed by atoms with Crippen LogP contribution >= 0.6 is 11.3 Å². The van der Waals surface area contributed by atoms with Gasteiger partial charge in [0.1, 0.15) is 5.75 Å². The molecule has 0 saturated carbocycles. The fraction of sp³-hybridized carbons (Fsp3) is 0.214. The lowest BCUT2D eigenvalue weighted by Crippen LogP contribution is -2.32. The molecule has 0 unspecified atom stereocenters. The Hall–Kier alpha value is -2.01. The first-order valence-electron chi connectivity index (χ1n) is 6.13. The van der Waals surface area contributed by atoms with Crippen LogP contribution in [0, 0.1) is 0 Å². The maximum Gasteiger partial charge on any atom is 0.319 e. The molecule has 0 spiro atoms. The molecular formula is C14H14N2O2S. The van der Waals surface area contributed by atoms with Crippen molar-refractivity contribution in [3.63, 3.8) is 0 Å². The minimum Gasteiger partial charge on any atom is -0.493 e. The minimum atomic E-state index is -0.174. The van der Waals surface area contributed by atoms with Crippen molar-refractivity contribution in [3.05, 3.63) is 47.3 Å². The van der Waals surface area contributed by atoms with Crippen molar-refractivity contribution in [2.75, 3.05) is 18.5 Å². The Kier molecular flexibility index (Phi) is 3.37. The van der Waals surface area contributed by atoms with Gasteiger partial charge in [-0.3, -0.25) is 5.32 Å². The van der Waals surface area contributed by atoms with Gasteiger partial charge in [-0.2, -0.15) is 0 Å². The number of hydrogen-bond acceptors (Lipinski definition) is 3. The quantitative estimate of drug-likeness (QED) is 0.903. The van der Waals surface area contributed by atoms with E-state index in [0.717, 1.165) is 10.8 Å². The van der Waals surface area contributed by atoms with E-state index in [1.807, 2.05) is 41.8 Å². The highest BCUT2D eigenvalue weighted by Crippen LogP contribution is 2.32. The fourth-order valence-corrected chi connectivity index (χ4v) is 2.73. The molecule has 1 aromatic heterocycles. The summed E-state index contributed by atoms with van der Waals surface area (Å²) in [5.74, 6) is 1.15. The third-order valence-electron chi connectivity index (χ3n) is 3.07. The molecule has 0 aliphatic carbocycles. The van der Waals surface area contributed by atoms with Crippen molar-refractivity contribution in [2.24, 2.45) is 0 Å². The summed E-state index contributed by atoms with van der Waals surface area (Å²) in [4.78, 5) is 11.7. The normalized spacial score (nSPS) is 16.5. The van der Waals surface area contributed by atoms with E-state index in [0.29, 0.717) is 13.2 Å². The van der Waals surface area contributed by atoms with Crippen LogP contribution in [-0.2, 0) is 0 Å². The number of nitrogens with one attached hydrogen (secondary N) is 2. The van der Waals surface area contributed by atoms with Crippen LogP contribution in [0.25, 0.3) is 0 Å². The van der Waals surface area contributed by atoms with Gasteiger partial charge in [0.05, 0.1) is 11.6 Å². The molecule has 0 radical (unpaired) electrons. The number of ether oxygens (including phenoxy) is 1. The van der Waals surface area contributed by atoms with E-state index in [4.69, 9.17) is 4.74 Å². The summed E-state index contributed by atoms with van der Waals surface area (Å²) in [5, 5.41) is 8.45. The van der Waals surface area contributed by atoms with E-state index in [2.05, 4.69) is 10.6 Å². The number of carbonyl (C=O) groups excluding carboxylic acids is 1. The van der Waals surface area contributed by atoms with Crippen LogP contribution in [0.3, 0.4) is 0 Å². The number of benzene rings is 1. The summed E-state index contributed by atoms with van der Waals surface area (Å²) in [6.45, 7) is 1.20. The molecule has 98 valence electrons. The van der Waals surface area contributed by atoms with E-state index >= 15 is 0 Å². The van der Waals surface area contributed by atoms with Crippen molar-refractivity contribution < 1.29 is 9.53 Å². The molecule has 2 heterocycles. The Balaban J connectivity index is 1.55. The number of para-hydroxylation sites is 1. The van der Waals surface area contributed by atoms with Crippen LogP contribution < -0.4 is 15.4 Å². The van der Waals surface area contributed by atoms with Gasteiger partial charge in [0, 0.05) is 18.0 Å². The van der Waals surface area contributed by atoms with Gasteiger partial charge in [0.25, 0.3) is 0 Å². The molecule has 0 fully saturated rings. The topological polar surface area (TPSA) is 50.4 Å². The van der Waals surface area contributed by atoms with E-state index in [9.17, 15) is 4.79 Å². The number of urea groups is 1. The molecule has 0 saturated heterocycles. The molecular weight excluding hydrogens is 260 g/mol. The monoisotopic (exact) mass is 274 g/mol. The van der Waals surface area contributed by atoms with Gasteiger partial charge in [-0.05, 0) is 23.6 Å². The highest BCUT2D eigenvalue weighted by molar-refractivity contribution is 7.14. The largest absolute Gasteiger partial charge is 0.493 e. The molecule has 19 heavy (non-hydrogen) atoms. The molecule has 2 N–H and O–H groups in total. The highest BCUT2D eigenvalue weighted by Gasteiger charge is 2.23. The lowest BCUT2D eigenvalue weighted by Gasteiger charge is -2.10. The Bertz CT molecular complexity index is 569. The van der Waals surface area contributed by atoms with E-state index in [1.165, 1.54) is 16.9 Å². The molecule has 1 aliphatic heterocycles. The molecule has 1 aliphatic rings. The van der Waals surface area contributed by atoms with E-state index < -0.39 is 0 Å². The van der Waals surface area contributed by atoms with Crippen LogP contribution in [0.4, 0.5) is 9.80 Å². The van der Waals surface area contributed by atoms with Crippen molar-refractivity contribution in [1.82, 2.24) is 5.32 Å². The van der Waals surface area contributed by atoms with Crippen molar-refractivity contribution in [2.45, 2.75) is 5.92 Å². The molecule has 1 aromatic carbocycles. The molecule has 3 rings (SSSR count). The summed E-state index contributed by atoms with van der Waals surface area (Å²) in [5.41, 5.74) is 1.17. The Morgan fingerprint density at radius 3 is 3.05 bits per heavy atom. The van der Waals surface area contributed by atoms with E-state index in [1.54, 1.807) is 0 Å². The molecule has 2 amide bonds. The molecule has 2 aromatic rings. The molecule has 4 nitrogen and oxygen atoms in total. The second kappa shape index (κ2) is 5.32. The zero-order valence-corrected chi connectivity index (χ0v) is 11.1. The Labute approximate surface area is 115 Å². The average molecular weight is 274 g/mol. The van der Waals surface area contributed by atoms with Gasteiger partial charge < -0.3 is 10.1 Å². The second-order valence-electron chi connectivity index (χ2n) is 4.36. The number of hydrogen-bond donors (Lipinski definition) is 2. The first kappa shape index (κ1) is 12.0. The zero-order chi connectivity index (χ0) is 13.1. The first-order valence-corrected chi connectivity index (χ1v) is 7.01. The smallest absolute Gasteiger partial charge is 0.319 e. The van der Waals surface area contributed by atoms with Gasteiger partial charge in [0.2, 0.25) is 0 Å². The third kappa shape index (κ3) is 2.71. The lowest BCUT2D eigenvalue weighted by atomic mass is 10.0. The Morgan fingerprint density at radius 1 is 1.32 bits per heavy atom. The van der Waals surface area contributed by atoms with Crippen LogP contribution in [0.1, 0.15) is 11.5 Å². The van der Waals surface area contributed by atoms with Crippen LogP contribution in [-0.4, -0.2) is 19.2 Å². The molecule has 5 heteroatoms. The van der Waals surface area contributed by atoms with Gasteiger partial charge in [-0.1, -0.05) is 18.2 Å². The summed E-state index contributed by atoms with van der Waals surface area (Å²) in [6, 6.07) is 11.6. The second-order valence-corrected chi connectivity index (χ2v) is 5.31. The lowest BCUT2D eigenvalue weighted by molar-refractivity contribution is 0.250. The van der Waals surface area contributed by atoms with Gasteiger partial charge in [0.15, 0.2) is 0 Å². The number of carbonyl (C=O) groups is 1. The van der Waals surface area contributed by atoms with Gasteiger partial charge >= 0.3 is 6.03 Å². The third-order valence-corrected chi connectivity index (χ3v) is 3.85. The van der Waals surface area contributed by atoms with E-state index in [-0.39, 0.29) is 11.9 Å². The average Bonchev–Trinajstić information content (AvgIpc) is 3.05. The van der Waals surface area contributed by atoms with Gasteiger partial charge in [-0.15, -0.1) is 11.3 Å². The van der Waals surface area contributed by atoms with Crippen LogP contribution in [0.15, 0.2) is 41.8 Å². The van der Waals surface area contributed by atoms with Crippen molar-refractivity contribution in [1.29, 1.82) is 0 Å². The van der Waals surface area contributed by atoms with Crippen LogP contribution in [0.5, 0.6) is 5.75 Å². The standard InChI is InChI=1S/C14H14N2O2S/c17-14(16-13-6-3-7-19-13)15-8-10-9-18-12-5-2-1-4-11(10)12/h1-7,10H,8-9H2,(H2,15,16,17)/t10-/m1/s1.